The summed E-state index contributed by atoms with van der Waals surface area (Å²) < 4.78 is 0. The Morgan fingerprint density at radius 2 is 2.04 bits per heavy atom. The van der Waals surface area contributed by atoms with E-state index in [9.17, 15) is 9.59 Å². The maximum atomic E-state index is 12.9. The molecule has 2 amide bonds. The van der Waals surface area contributed by atoms with Crippen molar-refractivity contribution in [2.75, 3.05) is 31.6 Å². The maximum absolute atomic E-state index is 12.9. The highest BCUT2D eigenvalue weighted by Crippen LogP contribution is 2.29. The molecule has 2 aliphatic rings. The molecule has 2 saturated heterocycles. The molecule has 0 spiro atoms. The highest BCUT2D eigenvalue weighted by molar-refractivity contribution is 6.00. The fourth-order valence-corrected chi connectivity index (χ4v) is 3.85. The summed E-state index contributed by atoms with van der Waals surface area (Å²) in [5.74, 6) is -0.00535. The van der Waals surface area contributed by atoms with Gasteiger partial charge in [-0.1, -0.05) is 25.1 Å². The number of hydrogen-bond donors (Lipinski definition) is 1. The minimum Gasteiger partial charge on any atom is -0.341 e. The van der Waals surface area contributed by atoms with Crippen LogP contribution in [0, 0.1) is 5.92 Å². The number of aryl methyl sites for hydroxylation is 1. The normalized spacial score (nSPS) is 23.5. The molecule has 1 aromatic carbocycles. The first-order valence-electron chi connectivity index (χ1n) is 8.98. The number of nitrogens with zero attached hydrogens (tertiary/aromatic N) is 2. The molecule has 138 valence electrons. The van der Waals surface area contributed by atoms with Crippen LogP contribution in [0.1, 0.15) is 31.7 Å². The van der Waals surface area contributed by atoms with Crippen LogP contribution in [0.2, 0.25) is 0 Å². The number of anilines is 1. The van der Waals surface area contributed by atoms with E-state index in [1.807, 2.05) is 30.1 Å². The third-order valence-electron chi connectivity index (χ3n) is 5.28. The summed E-state index contributed by atoms with van der Waals surface area (Å²) in [6.07, 6.45) is 3.35. The van der Waals surface area contributed by atoms with E-state index in [-0.39, 0.29) is 30.1 Å². The van der Waals surface area contributed by atoms with Gasteiger partial charge in [-0.2, -0.15) is 0 Å². The SMILES string of the molecule is CCc1ccccc1N1CC(C(=O)N2CCCC(NC)C2)CC1=O.Cl. The first kappa shape index (κ1) is 19.7. The number of halogens is 1. The summed E-state index contributed by atoms with van der Waals surface area (Å²) in [5, 5.41) is 3.27. The van der Waals surface area contributed by atoms with Gasteiger partial charge in [-0.05, 0) is 37.9 Å². The fourth-order valence-electron chi connectivity index (χ4n) is 3.85. The largest absolute Gasteiger partial charge is 0.341 e. The summed E-state index contributed by atoms with van der Waals surface area (Å²) in [4.78, 5) is 29.1. The zero-order chi connectivity index (χ0) is 17.1. The summed E-state index contributed by atoms with van der Waals surface area (Å²) in [6.45, 7) is 4.17. The molecule has 5 nitrogen and oxygen atoms in total. The van der Waals surface area contributed by atoms with E-state index in [1.165, 1.54) is 0 Å². The molecule has 1 N–H and O–H groups in total. The van der Waals surface area contributed by atoms with Crippen LogP contribution in [0.25, 0.3) is 0 Å². The summed E-state index contributed by atoms with van der Waals surface area (Å²) in [5.41, 5.74) is 2.12. The van der Waals surface area contributed by atoms with Crippen LogP contribution < -0.4 is 10.2 Å². The van der Waals surface area contributed by atoms with Gasteiger partial charge in [-0.3, -0.25) is 9.59 Å². The van der Waals surface area contributed by atoms with E-state index in [1.54, 1.807) is 4.90 Å². The third-order valence-corrected chi connectivity index (χ3v) is 5.28. The molecular formula is C19H28ClN3O2. The van der Waals surface area contributed by atoms with Crippen molar-refractivity contribution in [3.63, 3.8) is 0 Å². The summed E-state index contributed by atoms with van der Waals surface area (Å²) >= 11 is 0. The Hall–Kier alpha value is -1.59. The lowest BCUT2D eigenvalue weighted by atomic mass is 10.0. The van der Waals surface area contributed by atoms with Gasteiger partial charge >= 0.3 is 0 Å². The Kier molecular flexibility index (Phi) is 6.85. The molecule has 2 atom stereocenters. The molecular weight excluding hydrogens is 338 g/mol. The molecule has 3 rings (SSSR count). The van der Waals surface area contributed by atoms with Crippen LogP contribution in [0.3, 0.4) is 0 Å². The number of hydrogen-bond acceptors (Lipinski definition) is 3. The predicted octanol–water partition coefficient (Wildman–Crippen LogP) is 2.23. The van der Waals surface area contributed by atoms with Gasteiger partial charge in [0.15, 0.2) is 0 Å². The lowest BCUT2D eigenvalue weighted by Crippen LogP contribution is -2.49. The molecule has 0 bridgehead atoms. The van der Waals surface area contributed by atoms with Crippen LogP contribution >= 0.6 is 12.4 Å². The fraction of sp³-hybridized carbons (Fsp3) is 0.579. The van der Waals surface area contributed by atoms with Crippen molar-refractivity contribution in [1.29, 1.82) is 0 Å². The molecule has 2 unspecified atom stereocenters. The first-order valence-corrected chi connectivity index (χ1v) is 8.98. The van der Waals surface area contributed by atoms with E-state index in [2.05, 4.69) is 18.3 Å². The average molecular weight is 366 g/mol. The minimum atomic E-state index is -0.210. The number of benzene rings is 1. The van der Waals surface area contributed by atoms with Gasteiger partial charge in [0.05, 0.1) is 5.92 Å². The van der Waals surface area contributed by atoms with Gasteiger partial charge in [-0.25, -0.2) is 0 Å². The van der Waals surface area contributed by atoms with E-state index < -0.39 is 0 Å². The van der Waals surface area contributed by atoms with E-state index >= 15 is 0 Å². The molecule has 0 aromatic heterocycles. The van der Waals surface area contributed by atoms with Crippen molar-refractivity contribution in [2.24, 2.45) is 5.92 Å². The van der Waals surface area contributed by atoms with Gasteiger partial charge in [0, 0.05) is 37.8 Å². The zero-order valence-corrected chi connectivity index (χ0v) is 15.8. The second-order valence-corrected chi connectivity index (χ2v) is 6.80. The Bertz CT molecular complexity index is 622. The van der Waals surface area contributed by atoms with Crippen molar-refractivity contribution < 1.29 is 9.59 Å². The highest BCUT2D eigenvalue weighted by atomic mass is 35.5. The first-order chi connectivity index (χ1) is 11.6. The van der Waals surface area contributed by atoms with Gasteiger partial charge in [0.1, 0.15) is 0 Å². The number of likely N-dealkylation sites (tertiary alicyclic amines) is 1. The maximum Gasteiger partial charge on any atom is 0.228 e. The van der Waals surface area contributed by atoms with Crippen molar-refractivity contribution in [2.45, 2.75) is 38.6 Å². The number of likely N-dealkylation sites (N-methyl/N-ethyl adjacent to an activating group) is 1. The van der Waals surface area contributed by atoms with E-state index in [0.717, 1.165) is 43.6 Å². The van der Waals surface area contributed by atoms with Crippen LogP contribution in [0.5, 0.6) is 0 Å². The quantitative estimate of drug-likeness (QED) is 0.890. The van der Waals surface area contributed by atoms with Gasteiger partial charge in [0.25, 0.3) is 0 Å². The number of amides is 2. The van der Waals surface area contributed by atoms with Crippen molar-refractivity contribution in [1.82, 2.24) is 10.2 Å². The van der Waals surface area contributed by atoms with Crippen LogP contribution in [0.4, 0.5) is 5.69 Å². The second kappa shape index (κ2) is 8.68. The van der Waals surface area contributed by atoms with Gasteiger partial charge < -0.3 is 15.1 Å². The number of nitrogens with one attached hydrogen (secondary N) is 1. The number of carbonyl (C=O) groups is 2. The lowest BCUT2D eigenvalue weighted by molar-refractivity contribution is -0.137. The number of para-hydroxylation sites is 1. The summed E-state index contributed by atoms with van der Waals surface area (Å²) in [7, 11) is 1.95. The monoisotopic (exact) mass is 365 g/mol. The molecule has 2 heterocycles. The highest BCUT2D eigenvalue weighted by Gasteiger charge is 2.38. The Morgan fingerprint density at radius 3 is 2.76 bits per heavy atom. The van der Waals surface area contributed by atoms with E-state index in [0.29, 0.717) is 19.0 Å². The van der Waals surface area contributed by atoms with Crippen LogP contribution in [-0.4, -0.2) is 49.4 Å². The van der Waals surface area contributed by atoms with E-state index in [4.69, 9.17) is 0 Å². The molecule has 6 heteroatoms. The smallest absolute Gasteiger partial charge is 0.228 e. The molecule has 25 heavy (non-hydrogen) atoms. The van der Waals surface area contributed by atoms with Crippen molar-refractivity contribution in [3.8, 4) is 0 Å². The van der Waals surface area contributed by atoms with Crippen molar-refractivity contribution in [3.05, 3.63) is 29.8 Å². The molecule has 2 fully saturated rings. The number of piperidine rings is 1. The predicted molar refractivity (Wildman–Crippen MR) is 102 cm³/mol. The number of rotatable bonds is 4. The van der Waals surface area contributed by atoms with Crippen LogP contribution in [-0.2, 0) is 16.0 Å². The summed E-state index contributed by atoms with van der Waals surface area (Å²) in [6, 6.07) is 8.37. The lowest BCUT2D eigenvalue weighted by Gasteiger charge is -2.34. The third kappa shape index (κ3) is 4.15. The minimum absolute atomic E-state index is 0. The Balaban J connectivity index is 0.00000225. The Morgan fingerprint density at radius 1 is 1.28 bits per heavy atom. The molecule has 2 aliphatic heterocycles. The molecule has 0 radical (unpaired) electrons. The van der Waals surface area contributed by atoms with Gasteiger partial charge in [0.2, 0.25) is 11.8 Å². The molecule has 0 aliphatic carbocycles. The topological polar surface area (TPSA) is 52.7 Å². The average Bonchev–Trinajstić information content (AvgIpc) is 3.02. The van der Waals surface area contributed by atoms with Crippen molar-refractivity contribution >= 4 is 29.9 Å². The molecule has 0 saturated carbocycles. The zero-order valence-electron chi connectivity index (χ0n) is 15.0. The standard InChI is InChI=1S/C19H27N3O2.ClH/c1-3-14-7-4-5-9-17(14)22-12-15(11-18(22)23)19(24)21-10-6-8-16(13-21)20-2;/h4-5,7,9,15-16,20H,3,6,8,10-13H2,1-2H3;1H. The number of carbonyl (C=O) groups excluding carboxylic acids is 2. The second-order valence-electron chi connectivity index (χ2n) is 6.80. The molecule has 1 aromatic rings. The van der Waals surface area contributed by atoms with Crippen LogP contribution in [0.15, 0.2) is 24.3 Å². The Labute approximate surface area is 156 Å². The van der Waals surface area contributed by atoms with Gasteiger partial charge in [-0.15, -0.1) is 12.4 Å².